The minimum absolute atomic E-state index is 0.606. The van der Waals surface area contributed by atoms with E-state index in [4.69, 9.17) is 0 Å². The first-order chi connectivity index (χ1) is 9.13. The Morgan fingerprint density at radius 2 is 2.00 bits per heavy atom. The first kappa shape index (κ1) is 13.1. The number of hydrogen-bond acceptors (Lipinski definition) is 2. The van der Waals surface area contributed by atoms with E-state index in [1.807, 2.05) is 0 Å². The smallest absolute Gasteiger partial charge is 0.0234 e. The highest BCUT2D eigenvalue weighted by Crippen LogP contribution is 2.51. The number of hydrogen-bond donors (Lipinski definition) is 1. The molecule has 1 aliphatic carbocycles. The highest BCUT2D eigenvalue weighted by Gasteiger charge is 2.45. The van der Waals surface area contributed by atoms with Gasteiger partial charge in [-0.1, -0.05) is 44.2 Å². The maximum Gasteiger partial charge on any atom is 0.0234 e. The van der Waals surface area contributed by atoms with E-state index < -0.39 is 0 Å². The molecule has 1 heterocycles. The van der Waals surface area contributed by atoms with Crippen LogP contribution in [0.5, 0.6) is 0 Å². The van der Waals surface area contributed by atoms with E-state index >= 15 is 0 Å². The minimum atomic E-state index is 0.606. The fraction of sp³-hybridized carbons (Fsp3) is 0.647. The Morgan fingerprint density at radius 3 is 2.68 bits per heavy atom. The number of likely N-dealkylation sites (tertiary alicyclic amines) is 1. The van der Waals surface area contributed by atoms with Gasteiger partial charge in [-0.25, -0.2) is 0 Å². The van der Waals surface area contributed by atoms with Gasteiger partial charge < -0.3 is 5.32 Å². The van der Waals surface area contributed by atoms with Gasteiger partial charge in [0, 0.05) is 25.7 Å². The highest BCUT2D eigenvalue weighted by atomic mass is 15.2. The van der Waals surface area contributed by atoms with Gasteiger partial charge in [0.2, 0.25) is 0 Å². The zero-order valence-electron chi connectivity index (χ0n) is 12.2. The number of benzene rings is 1. The summed E-state index contributed by atoms with van der Waals surface area (Å²) in [7, 11) is 0. The summed E-state index contributed by atoms with van der Waals surface area (Å²) in [5, 5.41) is 3.77. The van der Waals surface area contributed by atoms with Crippen LogP contribution in [0.2, 0.25) is 0 Å². The molecule has 2 unspecified atom stereocenters. The number of rotatable bonds is 5. The zero-order chi connectivity index (χ0) is 13.3. The molecule has 1 saturated heterocycles. The van der Waals surface area contributed by atoms with E-state index in [1.165, 1.54) is 38.0 Å². The lowest BCUT2D eigenvalue weighted by Crippen LogP contribution is -2.34. The van der Waals surface area contributed by atoms with E-state index in [2.05, 4.69) is 54.4 Å². The molecule has 1 aromatic carbocycles. The van der Waals surface area contributed by atoms with Gasteiger partial charge in [-0.2, -0.15) is 0 Å². The fourth-order valence-corrected chi connectivity index (χ4v) is 3.22. The van der Waals surface area contributed by atoms with Crippen LogP contribution >= 0.6 is 0 Å². The minimum Gasteiger partial charge on any atom is -0.312 e. The van der Waals surface area contributed by atoms with E-state index in [9.17, 15) is 0 Å². The van der Waals surface area contributed by atoms with E-state index in [1.54, 1.807) is 0 Å². The number of nitrogens with one attached hydrogen (secondary N) is 1. The Labute approximate surface area is 117 Å². The van der Waals surface area contributed by atoms with Gasteiger partial charge in [-0.15, -0.1) is 0 Å². The Bertz CT molecular complexity index is 413. The third-order valence-corrected chi connectivity index (χ3v) is 4.89. The topological polar surface area (TPSA) is 15.3 Å². The van der Waals surface area contributed by atoms with E-state index in [0.717, 1.165) is 12.5 Å². The third kappa shape index (κ3) is 3.37. The van der Waals surface area contributed by atoms with Crippen molar-refractivity contribution in [1.82, 2.24) is 10.2 Å². The molecule has 1 aromatic rings. The summed E-state index contributed by atoms with van der Waals surface area (Å²) >= 11 is 0. The Hall–Kier alpha value is -0.860. The van der Waals surface area contributed by atoms with E-state index in [0.29, 0.717) is 11.5 Å². The summed E-state index contributed by atoms with van der Waals surface area (Å²) in [6.45, 7) is 9.54. The number of nitrogens with zero attached hydrogens (tertiary/aromatic N) is 1. The second-order valence-corrected chi connectivity index (χ2v) is 7.00. The summed E-state index contributed by atoms with van der Waals surface area (Å²) in [6.07, 6.45) is 2.71. The van der Waals surface area contributed by atoms with Crippen LogP contribution in [0.1, 0.15) is 32.3 Å². The van der Waals surface area contributed by atoms with Crippen LogP contribution in [0.4, 0.5) is 0 Å². The molecule has 0 spiro atoms. The van der Waals surface area contributed by atoms with Crippen molar-refractivity contribution in [3.63, 3.8) is 0 Å². The van der Waals surface area contributed by atoms with Gasteiger partial charge in [0.25, 0.3) is 0 Å². The summed E-state index contributed by atoms with van der Waals surface area (Å²) < 4.78 is 0. The molecule has 0 radical (unpaired) electrons. The van der Waals surface area contributed by atoms with Crippen molar-refractivity contribution in [2.45, 2.75) is 39.3 Å². The Morgan fingerprint density at radius 1 is 1.26 bits per heavy atom. The van der Waals surface area contributed by atoms with Gasteiger partial charge in [0.15, 0.2) is 0 Å². The van der Waals surface area contributed by atoms with Gasteiger partial charge >= 0.3 is 0 Å². The van der Waals surface area contributed by atoms with Crippen molar-refractivity contribution in [3.05, 3.63) is 35.9 Å². The standard InChI is InChI=1S/C17H26N2/c1-17(2)10-15(17)11-18-16-8-9-19(13-16)12-14-6-4-3-5-7-14/h3-7,15-16,18H,8-13H2,1-2H3. The molecule has 0 aromatic heterocycles. The molecule has 1 saturated carbocycles. The SMILES string of the molecule is CC1(C)CC1CNC1CCN(Cc2ccccc2)C1. The van der Waals surface area contributed by atoms with Crippen LogP contribution in [0, 0.1) is 11.3 Å². The summed E-state index contributed by atoms with van der Waals surface area (Å²) in [6, 6.07) is 11.5. The van der Waals surface area contributed by atoms with Crippen LogP contribution in [-0.4, -0.2) is 30.6 Å². The summed E-state index contributed by atoms with van der Waals surface area (Å²) in [5.41, 5.74) is 2.04. The van der Waals surface area contributed by atoms with Crippen LogP contribution in [0.25, 0.3) is 0 Å². The average molecular weight is 258 g/mol. The largest absolute Gasteiger partial charge is 0.312 e. The molecule has 0 amide bonds. The molecular weight excluding hydrogens is 232 g/mol. The molecule has 3 rings (SSSR count). The zero-order valence-corrected chi connectivity index (χ0v) is 12.2. The predicted octanol–water partition coefficient (Wildman–Crippen LogP) is 2.90. The molecule has 2 nitrogen and oxygen atoms in total. The Kier molecular flexibility index (Phi) is 3.64. The second kappa shape index (κ2) is 5.26. The normalized spacial score (nSPS) is 29.6. The Balaban J connectivity index is 1.41. The second-order valence-electron chi connectivity index (χ2n) is 7.00. The van der Waals surface area contributed by atoms with Crippen molar-refractivity contribution in [3.8, 4) is 0 Å². The fourth-order valence-electron chi connectivity index (χ4n) is 3.22. The van der Waals surface area contributed by atoms with E-state index in [-0.39, 0.29) is 0 Å². The first-order valence-electron chi connectivity index (χ1n) is 7.63. The van der Waals surface area contributed by atoms with Crippen molar-refractivity contribution >= 4 is 0 Å². The first-order valence-corrected chi connectivity index (χ1v) is 7.63. The van der Waals surface area contributed by atoms with Crippen LogP contribution in [-0.2, 0) is 6.54 Å². The molecule has 0 bridgehead atoms. The third-order valence-electron chi connectivity index (χ3n) is 4.89. The molecule has 2 heteroatoms. The van der Waals surface area contributed by atoms with Crippen molar-refractivity contribution in [1.29, 1.82) is 0 Å². The van der Waals surface area contributed by atoms with Gasteiger partial charge in [-0.05, 0) is 36.3 Å². The molecule has 1 N–H and O–H groups in total. The van der Waals surface area contributed by atoms with Crippen LogP contribution < -0.4 is 5.32 Å². The average Bonchev–Trinajstić information content (AvgIpc) is 2.81. The highest BCUT2D eigenvalue weighted by molar-refractivity contribution is 5.14. The van der Waals surface area contributed by atoms with Crippen molar-refractivity contribution < 1.29 is 0 Å². The lowest BCUT2D eigenvalue weighted by atomic mass is 10.1. The van der Waals surface area contributed by atoms with Gasteiger partial charge in [-0.3, -0.25) is 4.90 Å². The molecule has 1 aliphatic heterocycles. The maximum atomic E-state index is 3.77. The lowest BCUT2D eigenvalue weighted by molar-refractivity contribution is 0.318. The van der Waals surface area contributed by atoms with Crippen molar-refractivity contribution in [2.24, 2.45) is 11.3 Å². The summed E-state index contributed by atoms with van der Waals surface area (Å²) in [5.74, 6) is 0.913. The molecule has 2 fully saturated rings. The van der Waals surface area contributed by atoms with Crippen molar-refractivity contribution in [2.75, 3.05) is 19.6 Å². The quantitative estimate of drug-likeness (QED) is 0.873. The maximum absolute atomic E-state index is 3.77. The summed E-state index contributed by atoms with van der Waals surface area (Å²) in [4.78, 5) is 2.57. The predicted molar refractivity (Wildman–Crippen MR) is 80.0 cm³/mol. The van der Waals surface area contributed by atoms with Gasteiger partial charge in [0.05, 0.1) is 0 Å². The molecule has 19 heavy (non-hydrogen) atoms. The molecular formula is C17H26N2. The molecule has 2 aliphatic rings. The molecule has 104 valence electrons. The van der Waals surface area contributed by atoms with Crippen LogP contribution in [0.3, 0.4) is 0 Å². The van der Waals surface area contributed by atoms with Crippen LogP contribution in [0.15, 0.2) is 30.3 Å². The lowest BCUT2D eigenvalue weighted by Gasteiger charge is -2.17. The van der Waals surface area contributed by atoms with Gasteiger partial charge in [0.1, 0.15) is 0 Å². The molecule has 2 atom stereocenters. The monoisotopic (exact) mass is 258 g/mol.